The molecule has 0 amide bonds. The Labute approximate surface area is 165 Å². The number of hydrogen-bond acceptors (Lipinski definition) is 3. The van der Waals surface area contributed by atoms with E-state index in [1.54, 1.807) is 7.11 Å². The Morgan fingerprint density at radius 3 is 2.71 bits per heavy atom. The quantitative estimate of drug-likeness (QED) is 0.775. The van der Waals surface area contributed by atoms with E-state index < -0.39 is 5.92 Å². The van der Waals surface area contributed by atoms with Crippen molar-refractivity contribution in [3.05, 3.63) is 64.7 Å². The zero-order chi connectivity index (χ0) is 19.7. The van der Waals surface area contributed by atoms with Gasteiger partial charge in [-0.05, 0) is 59.9 Å². The Morgan fingerprint density at radius 2 is 1.96 bits per heavy atom. The van der Waals surface area contributed by atoms with Gasteiger partial charge in [-0.3, -0.25) is 5.84 Å². The molecule has 0 radical (unpaired) electrons. The van der Waals surface area contributed by atoms with Crippen LogP contribution in [0.1, 0.15) is 47.6 Å². The number of ether oxygens (including phenoxy) is 1. The van der Waals surface area contributed by atoms with Crippen LogP contribution in [-0.4, -0.2) is 24.6 Å². The van der Waals surface area contributed by atoms with Crippen LogP contribution in [-0.2, 0) is 19.3 Å². The summed E-state index contributed by atoms with van der Waals surface area (Å²) in [5.74, 6) is 4.90. The fourth-order valence-corrected chi connectivity index (χ4v) is 4.86. The summed E-state index contributed by atoms with van der Waals surface area (Å²) < 4.78 is 33.5. The number of alkyl halides is 2. The minimum atomic E-state index is -2.61. The van der Waals surface area contributed by atoms with Crippen LogP contribution in [0.25, 0.3) is 0 Å². The molecule has 5 heteroatoms. The van der Waals surface area contributed by atoms with Crippen LogP contribution in [0, 0.1) is 5.92 Å². The number of fused-ring (bicyclic) bond motifs is 1. The fraction of sp³-hybridized carbons (Fsp3) is 0.478. The first-order valence-electron chi connectivity index (χ1n) is 10.1. The number of benzene rings is 2. The summed E-state index contributed by atoms with van der Waals surface area (Å²) in [7, 11) is 1.66. The number of hydrazine groups is 1. The van der Waals surface area contributed by atoms with Gasteiger partial charge >= 0.3 is 0 Å². The number of nitrogens with zero attached hydrogens (tertiary/aromatic N) is 1. The Kier molecular flexibility index (Phi) is 5.39. The molecule has 4 rings (SSSR count). The lowest BCUT2D eigenvalue weighted by Gasteiger charge is -2.39. The van der Waals surface area contributed by atoms with Gasteiger partial charge in [-0.2, -0.15) is 0 Å². The molecule has 0 aromatic heterocycles. The van der Waals surface area contributed by atoms with E-state index in [1.807, 2.05) is 35.3 Å². The number of piperidine rings is 1. The second-order valence-corrected chi connectivity index (χ2v) is 8.17. The topological polar surface area (TPSA) is 38.5 Å². The van der Waals surface area contributed by atoms with E-state index in [9.17, 15) is 8.78 Å². The van der Waals surface area contributed by atoms with Gasteiger partial charge < -0.3 is 4.74 Å². The molecule has 150 valence electrons. The molecule has 0 saturated carbocycles. The third-order valence-corrected chi connectivity index (χ3v) is 6.23. The average molecular weight is 386 g/mol. The predicted octanol–water partition coefficient (Wildman–Crippen LogP) is 4.69. The molecule has 2 aromatic rings. The van der Waals surface area contributed by atoms with Crippen LogP contribution in [0.15, 0.2) is 42.5 Å². The smallest absolute Gasteiger partial charge is 0.252 e. The van der Waals surface area contributed by atoms with Gasteiger partial charge in [0.05, 0.1) is 13.2 Å². The van der Waals surface area contributed by atoms with Crippen molar-refractivity contribution >= 4 is 0 Å². The molecule has 1 aliphatic carbocycles. The third-order valence-electron chi connectivity index (χ3n) is 6.23. The molecule has 0 bridgehead atoms. The van der Waals surface area contributed by atoms with E-state index in [0.717, 1.165) is 48.2 Å². The van der Waals surface area contributed by atoms with Crippen LogP contribution in [0.5, 0.6) is 5.75 Å². The van der Waals surface area contributed by atoms with E-state index >= 15 is 0 Å². The highest BCUT2D eigenvalue weighted by Crippen LogP contribution is 2.40. The first kappa shape index (κ1) is 19.3. The summed E-state index contributed by atoms with van der Waals surface area (Å²) in [6.45, 7) is 0.865. The third kappa shape index (κ3) is 3.91. The molecule has 1 saturated heterocycles. The maximum Gasteiger partial charge on any atom is 0.252 e. The predicted molar refractivity (Wildman–Crippen MR) is 106 cm³/mol. The number of halogens is 2. The van der Waals surface area contributed by atoms with Crippen molar-refractivity contribution < 1.29 is 13.5 Å². The maximum atomic E-state index is 13.9. The summed E-state index contributed by atoms with van der Waals surface area (Å²) >= 11 is 0. The monoisotopic (exact) mass is 386 g/mol. The standard InChI is InChI=1S/C23H28F2N2O/c1-28-21-14-17-9-10-23(24,25)15-20(17)13-19(21)12-18-8-5-11-27(26)22(18)16-6-3-2-4-7-16/h2-4,6-7,13-14,18,22H,5,8-12,15,26H2,1H3/t18-,22+/m0/s1. The molecule has 28 heavy (non-hydrogen) atoms. The first-order valence-corrected chi connectivity index (χ1v) is 10.1. The summed E-state index contributed by atoms with van der Waals surface area (Å²) in [6.07, 6.45) is 3.03. The van der Waals surface area contributed by atoms with Crippen molar-refractivity contribution in [1.82, 2.24) is 5.01 Å². The molecule has 2 aliphatic rings. The van der Waals surface area contributed by atoms with E-state index in [-0.39, 0.29) is 18.9 Å². The fourth-order valence-electron chi connectivity index (χ4n) is 4.86. The highest BCUT2D eigenvalue weighted by molar-refractivity contribution is 5.45. The van der Waals surface area contributed by atoms with Gasteiger partial charge in [-0.15, -0.1) is 0 Å². The minimum Gasteiger partial charge on any atom is -0.496 e. The SMILES string of the molecule is COc1cc2c(cc1C[C@@H]1CCCN(N)[C@@H]1c1ccccc1)CC(F)(F)CC2. The summed E-state index contributed by atoms with van der Waals surface area (Å²) in [5.41, 5.74) is 3.98. The molecular weight excluding hydrogens is 358 g/mol. The zero-order valence-corrected chi connectivity index (χ0v) is 16.3. The molecular formula is C23H28F2N2O. The van der Waals surface area contributed by atoms with Crippen molar-refractivity contribution in [2.75, 3.05) is 13.7 Å². The normalized spacial score (nSPS) is 24.6. The molecule has 2 aromatic carbocycles. The molecule has 0 unspecified atom stereocenters. The van der Waals surface area contributed by atoms with Crippen molar-refractivity contribution in [2.24, 2.45) is 11.8 Å². The lowest BCUT2D eigenvalue weighted by Crippen LogP contribution is -2.44. The Bertz CT molecular complexity index is 825. The number of hydrogen-bond donors (Lipinski definition) is 1. The average Bonchev–Trinajstić information content (AvgIpc) is 2.67. The summed E-state index contributed by atoms with van der Waals surface area (Å²) in [6, 6.07) is 14.4. The van der Waals surface area contributed by atoms with Crippen molar-refractivity contribution in [3.8, 4) is 5.75 Å². The zero-order valence-electron chi connectivity index (χ0n) is 16.3. The van der Waals surface area contributed by atoms with E-state index in [0.29, 0.717) is 12.3 Å². The molecule has 3 nitrogen and oxygen atoms in total. The number of aryl methyl sites for hydroxylation is 1. The van der Waals surface area contributed by atoms with Crippen LogP contribution >= 0.6 is 0 Å². The molecule has 0 spiro atoms. The van der Waals surface area contributed by atoms with Gasteiger partial charge in [0, 0.05) is 19.4 Å². The molecule has 1 heterocycles. The van der Waals surface area contributed by atoms with E-state index in [2.05, 4.69) is 12.1 Å². The van der Waals surface area contributed by atoms with Crippen molar-refractivity contribution in [2.45, 2.75) is 50.5 Å². The van der Waals surface area contributed by atoms with Crippen LogP contribution < -0.4 is 10.6 Å². The Balaban J connectivity index is 1.65. The van der Waals surface area contributed by atoms with Gasteiger partial charge in [-0.1, -0.05) is 36.4 Å². The summed E-state index contributed by atoms with van der Waals surface area (Å²) in [4.78, 5) is 0. The molecule has 2 atom stereocenters. The first-order chi connectivity index (χ1) is 13.5. The molecule has 2 N–H and O–H groups in total. The molecule has 1 aliphatic heterocycles. The lowest BCUT2D eigenvalue weighted by molar-refractivity contribution is -0.0123. The lowest BCUT2D eigenvalue weighted by atomic mass is 9.80. The highest BCUT2D eigenvalue weighted by atomic mass is 19.3. The van der Waals surface area contributed by atoms with Crippen LogP contribution in [0.2, 0.25) is 0 Å². The van der Waals surface area contributed by atoms with Crippen molar-refractivity contribution in [1.29, 1.82) is 0 Å². The van der Waals surface area contributed by atoms with Crippen molar-refractivity contribution in [3.63, 3.8) is 0 Å². The van der Waals surface area contributed by atoms with E-state index in [4.69, 9.17) is 10.6 Å². The van der Waals surface area contributed by atoms with Gasteiger partial charge in [0.15, 0.2) is 0 Å². The largest absolute Gasteiger partial charge is 0.496 e. The second kappa shape index (κ2) is 7.80. The van der Waals surface area contributed by atoms with Gasteiger partial charge in [0.1, 0.15) is 5.75 Å². The van der Waals surface area contributed by atoms with Crippen LogP contribution in [0.3, 0.4) is 0 Å². The minimum absolute atomic E-state index is 0.0800. The Hall–Kier alpha value is -1.98. The van der Waals surface area contributed by atoms with E-state index in [1.165, 1.54) is 5.56 Å². The Morgan fingerprint density at radius 1 is 1.18 bits per heavy atom. The number of methoxy groups -OCH3 is 1. The number of rotatable bonds is 4. The van der Waals surface area contributed by atoms with Gasteiger partial charge in [0.2, 0.25) is 0 Å². The molecule has 1 fully saturated rings. The maximum absolute atomic E-state index is 13.9. The van der Waals surface area contributed by atoms with Gasteiger partial charge in [-0.25, -0.2) is 13.8 Å². The number of nitrogens with two attached hydrogens (primary N) is 1. The van der Waals surface area contributed by atoms with Gasteiger partial charge in [0.25, 0.3) is 5.92 Å². The highest BCUT2D eigenvalue weighted by Gasteiger charge is 2.36. The second-order valence-electron chi connectivity index (χ2n) is 8.17. The summed E-state index contributed by atoms with van der Waals surface area (Å²) in [5, 5.41) is 1.93. The van der Waals surface area contributed by atoms with Crippen LogP contribution in [0.4, 0.5) is 8.78 Å².